The fraction of sp³-hybridized carbons (Fsp3) is 0.880. The van der Waals surface area contributed by atoms with Crippen LogP contribution in [0.4, 0.5) is 4.79 Å². The van der Waals surface area contributed by atoms with Gasteiger partial charge in [-0.25, -0.2) is 14.5 Å². The van der Waals surface area contributed by atoms with E-state index in [1.165, 1.54) is 12.8 Å². The Hall–Kier alpha value is -1.67. The minimum absolute atomic E-state index is 0.00522. The van der Waals surface area contributed by atoms with Crippen LogP contribution in [0.2, 0.25) is 0 Å². The summed E-state index contributed by atoms with van der Waals surface area (Å²) in [5.74, 6) is 2.46. The van der Waals surface area contributed by atoms with E-state index in [0.717, 1.165) is 75.8 Å². The maximum Gasteiger partial charge on any atom is 0.317 e. The second kappa shape index (κ2) is 11.6. The summed E-state index contributed by atoms with van der Waals surface area (Å²) in [4.78, 5) is 19.6. The molecule has 3 heterocycles. The van der Waals surface area contributed by atoms with Crippen LogP contribution in [0.5, 0.6) is 0 Å². The van der Waals surface area contributed by atoms with E-state index >= 15 is 0 Å². The van der Waals surface area contributed by atoms with Gasteiger partial charge in [0.05, 0.1) is 18.8 Å². The van der Waals surface area contributed by atoms with Crippen LogP contribution in [-0.4, -0.2) is 64.1 Å². The highest BCUT2D eigenvalue weighted by atomic mass is 16.5. The molecule has 0 spiro atoms. The van der Waals surface area contributed by atoms with Crippen molar-refractivity contribution in [3.05, 3.63) is 12.2 Å². The minimum Gasteiger partial charge on any atom is -0.376 e. The normalized spacial score (nSPS) is 31.0. The molecule has 3 atom stereocenters. The lowest BCUT2D eigenvalue weighted by atomic mass is 9.80. The fourth-order valence-electron chi connectivity index (χ4n) is 5.76. The number of amides is 2. The van der Waals surface area contributed by atoms with Crippen LogP contribution < -0.4 is 5.32 Å². The summed E-state index contributed by atoms with van der Waals surface area (Å²) in [6.45, 7) is 9.32. The molecule has 1 N–H and O–H groups in total. The molecule has 3 aliphatic rings. The van der Waals surface area contributed by atoms with Crippen LogP contribution in [0.15, 0.2) is 6.33 Å². The average molecular weight is 462 g/mol. The van der Waals surface area contributed by atoms with E-state index in [1.807, 2.05) is 22.8 Å². The monoisotopic (exact) mass is 461 g/mol. The van der Waals surface area contributed by atoms with Crippen molar-refractivity contribution < 1.29 is 14.3 Å². The molecule has 2 amide bonds. The first kappa shape index (κ1) is 24.5. The highest BCUT2D eigenvalue weighted by Crippen LogP contribution is 2.35. The van der Waals surface area contributed by atoms with Gasteiger partial charge in [-0.3, -0.25) is 0 Å². The standard InChI is InChI=1S/C25H43N5O3/c1-4-26-25(31)29-14-7-8-21(24-27-17-30(28-24)23-9-5-6-15-32-23)22(29)16-33-20-12-10-19(11-13-20)18(2)3/h17-23H,4-16H2,1-3H3,(H,26,31). The van der Waals surface area contributed by atoms with Crippen molar-refractivity contribution in [2.75, 3.05) is 26.3 Å². The molecule has 2 aliphatic heterocycles. The Morgan fingerprint density at radius 1 is 1.18 bits per heavy atom. The first-order valence-electron chi connectivity index (χ1n) is 13.3. The van der Waals surface area contributed by atoms with Crippen LogP contribution in [0.3, 0.4) is 0 Å². The molecule has 3 unspecified atom stereocenters. The zero-order valence-corrected chi connectivity index (χ0v) is 20.7. The third-order valence-corrected chi connectivity index (χ3v) is 7.84. The Balaban J connectivity index is 1.45. The molecule has 0 radical (unpaired) electrons. The van der Waals surface area contributed by atoms with E-state index in [0.29, 0.717) is 19.3 Å². The van der Waals surface area contributed by atoms with E-state index in [9.17, 15) is 4.79 Å². The van der Waals surface area contributed by atoms with E-state index in [4.69, 9.17) is 14.6 Å². The zero-order chi connectivity index (χ0) is 23.2. The predicted molar refractivity (Wildman–Crippen MR) is 127 cm³/mol. The summed E-state index contributed by atoms with van der Waals surface area (Å²) in [5.41, 5.74) is 0. The Kier molecular flexibility index (Phi) is 8.63. The predicted octanol–water partition coefficient (Wildman–Crippen LogP) is 4.49. The molecular formula is C25H43N5O3. The number of carbonyl (C=O) groups is 1. The second-order valence-electron chi connectivity index (χ2n) is 10.4. The number of rotatable bonds is 7. The highest BCUT2D eigenvalue weighted by Gasteiger charge is 2.38. The van der Waals surface area contributed by atoms with E-state index in [2.05, 4.69) is 24.1 Å². The first-order chi connectivity index (χ1) is 16.1. The molecular weight excluding hydrogens is 418 g/mol. The fourth-order valence-corrected chi connectivity index (χ4v) is 5.76. The third kappa shape index (κ3) is 6.07. The summed E-state index contributed by atoms with van der Waals surface area (Å²) in [5, 5.41) is 7.83. The van der Waals surface area contributed by atoms with Gasteiger partial charge in [0.15, 0.2) is 12.1 Å². The van der Waals surface area contributed by atoms with Gasteiger partial charge >= 0.3 is 6.03 Å². The van der Waals surface area contributed by atoms with E-state index < -0.39 is 0 Å². The Bertz CT molecular complexity index is 740. The first-order valence-corrected chi connectivity index (χ1v) is 13.3. The minimum atomic E-state index is -0.0451. The van der Waals surface area contributed by atoms with Crippen molar-refractivity contribution in [3.63, 3.8) is 0 Å². The van der Waals surface area contributed by atoms with Crippen LogP contribution in [0.1, 0.15) is 96.5 Å². The lowest BCUT2D eigenvalue weighted by Crippen LogP contribution is -2.54. The maximum absolute atomic E-state index is 12.9. The Morgan fingerprint density at radius 3 is 2.70 bits per heavy atom. The molecule has 0 bridgehead atoms. The highest BCUT2D eigenvalue weighted by molar-refractivity contribution is 5.74. The number of nitrogens with zero attached hydrogens (tertiary/aromatic N) is 4. The van der Waals surface area contributed by atoms with Gasteiger partial charge in [-0.15, -0.1) is 0 Å². The number of hydrogen-bond donors (Lipinski definition) is 1. The number of nitrogens with one attached hydrogen (secondary N) is 1. The number of aromatic nitrogens is 3. The summed E-state index contributed by atoms with van der Waals surface area (Å²) in [7, 11) is 0. The smallest absolute Gasteiger partial charge is 0.317 e. The van der Waals surface area contributed by atoms with Crippen molar-refractivity contribution in [1.29, 1.82) is 0 Å². The Labute approximate surface area is 198 Å². The van der Waals surface area contributed by atoms with Gasteiger partial charge in [0.25, 0.3) is 0 Å². The number of likely N-dealkylation sites (tertiary alicyclic amines) is 1. The Morgan fingerprint density at radius 2 is 2.00 bits per heavy atom. The number of urea groups is 1. The topological polar surface area (TPSA) is 81.5 Å². The number of ether oxygens (including phenoxy) is 2. The zero-order valence-electron chi connectivity index (χ0n) is 20.7. The van der Waals surface area contributed by atoms with Crippen molar-refractivity contribution in [1.82, 2.24) is 25.0 Å². The molecule has 33 heavy (non-hydrogen) atoms. The molecule has 1 saturated carbocycles. The van der Waals surface area contributed by atoms with Gasteiger partial charge in [0, 0.05) is 25.6 Å². The van der Waals surface area contributed by atoms with Crippen molar-refractivity contribution in [2.24, 2.45) is 11.8 Å². The summed E-state index contributed by atoms with van der Waals surface area (Å²) >= 11 is 0. The molecule has 8 nitrogen and oxygen atoms in total. The number of carbonyl (C=O) groups excluding carboxylic acids is 1. The molecule has 3 fully saturated rings. The maximum atomic E-state index is 12.9. The molecule has 4 rings (SSSR count). The molecule has 1 aromatic heterocycles. The summed E-state index contributed by atoms with van der Waals surface area (Å²) in [6, 6.07) is -0.0504. The van der Waals surface area contributed by atoms with Gasteiger partial charge in [-0.05, 0) is 76.5 Å². The molecule has 0 aromatic carbocycles. The van der Waals surface area contributed by atoms with Gasteiger partial charge in [-0.2, -0.15) is 5.10 Å². The van der Waals surface area contributed by atoms with Gasteiger partial charge in [0.1, 0.15) is 6.33 Å². The van der Waals surface area contributed by atoms with Gasteiger partial charge in [0.2, 0.25) is 0 Å². The van der Waals surface area contributed by atoms with E-state index in [1.54, 1.807) is 0 Å². The molecule has 2 saturated heterocycles. The van der Waals surface area contributed by atoms with Crippen molar-refractivity contribution in [2.45, 2.75) is 103 Å². The van der Waals surface area contributed by atoms with Crippen molar-refractivity contribution in [3.8, 4) is 0 Å². The van der Waals surface area contributed by atoms with Crippen LogP contribution in [0, 0.1) is 11.8 Å². The summed E-state index contributed by atoms with van der Waals surface area (Å²) in [6.07, 6.45) is 12.0. The van der Waals surface area contributed by atoms with Crippen LogP contribution in [0.25, 0.3) is 0 Å². The van der Waals surface area contributed by atoms with Crippen LogP contribution in [-0.2, 0) is 9.47 Å². The lowest BCUT2D eigenvalue weighted by Gasteiger charge is -2.41. The average Bonchev–Trinajstić information content (AvgIpc) is 3.33. The van der Waals surface area contributed by atoms with Crippen LogP contribution >= 0.6 is 0 Å². The van der Waals surface area contributed by atoms with E-state index in [-0.39, 0.29) is 24.2 Å². The molecule has 1 aromatic rings. The second-order valence-corrected chi connectivity index (χ2v) is 10.4. The van der Waals surface area contributed by atoms with Gasteiger partial charge < -0.3 is 19.7 Å². The number of hydrogen-bond acceptors (Lipinski definition) is 5. The summed E-state index contributed by atoms with van der Waals surface area (Å²) < 4.78 is 14.3. The lowest BCUT2D eigenvalue weighted by molar-refractivity contribution is -0.0405. The molecule has 8 heteroatoms. The number of piperidine rings is 1. The largest absolute Gasteiger partial charge is 0.376 e. The quantitative estimate of drug-likeness (QED) is 0.647. The van der Waals surface area contributed by atoms with Crippen molar-refractivity contribution >= 4 is 6.03 Å². The SMILES string of the molecule is CCNC(=O)N1CCCC(c2ncn(C3CCCCO3)n2)C1COC1CCC(C(C)C)CC1. The third-order valence-electron chi connectivity index (χ3n) is 7.84. The molecule has 1 aliphatic carbocycles. The molecule has 186 valence electrons. The van der Waals surface area contributed by atoms with Gasteiger partial charge in [-0.1, -0.05) is 13.8 Å².